The molecule has 1 atom stereocenters. The standard InChI is InChI=1S/C15H23N3O2/c1-20-11-15(6-7-15)10-14(19)18-9-3-2-4-13(18)12-5-8-16-17-12/h5,8,13H,2-4,6-7,9-11H2,1H3,(H,16,17). The molecule has 1 amide bonds. The van der Waals surface area contributed by atoms with E-state index in [1.807, 2.05) is 11.0 Å². The summed E-state index contributed by atoms with van der Waals surface area (Å²) >= 11 is 0. The number of methoxy groups -OCH3 is 1. The van der Waals surface area contributed by atoms with Crippen LogP contribution in [0.25, 0.3) is 0 Å². The van der Waals surface area contributed by atoms with Crippen LogP contribution in [0.1, 0.15) is 50.3 Å². The van der Waals surface area contributed by atoms with Crippen molar-refractivity contribution in [2.75, 3.05) is 20.3 Å². The van der Waals surface area contributed by atoms with Crippen LogP contribution >= 0.6 is 0 Å². The van der Waals surface area contributed by atoms with Crippen molar-refractivity contribution in [2.24, 2.45) is 5.41 Å². The van der Waals surface area contributed by atoms with Gasteiger partial charge in [-0.05, 0) is 38.2 Å². The van der Waals surface area contributed by atoms with Gasteiger partial charge in [-0.2, -0.15) is 5.10 Å². The summed E-state index contributed by atoms with van der Waals surface area (Å²) in [6, 6.07) is 2.16. The lowest BCUT2D eigenvalue weighted by atomic mass is 9.96. The van der Waals surface area contributed by atoms with E-state index in [4.69, 9.17) is 4.74 Å². The molecule has 1 saturated heterocycles. The van der Waals surface area contributed by atoms with E-state index in [0.29, 0.717) is 13.0 Å². The van der Waals surface area contributed by atoms with Crippen molar-refractivity contribution in [1.29, 1.82) is 0 Å². The van der Waals surface area contributed by atoms with Gasteiger partial charge in [0.05, 0.1) is 18.3 Å². The highest BCUT2D eigenvalue weighted by atomic mass is 16.5. The number of hydrogen-bond acceptors (Lipinski definition) is 3. The van der Waals surface area contributed by atoms with Crippen LogP contribution in [0.3, 0.4) is 0 Å². The zero-order chi connectivity index (χ0) is 14.0. The molecule has 1 aliphatic carbocycles. The third-order valence-corrected chi connectivity index (χ3v) is 4.64. The van der Waals surface area contributed by atoms with E-state index in [2.05, 4.69) is 10.2 Å². The Morgan fingerprint density at radius 3 is 3.05 bits per heavy atom. The summed E-state index contributed by atoms with van der Waals surface area (Å²) in [5, 5.41) is 7.05. The maximum Gasteiger partial charge on any atom is 0.223 e. The van der Waals surface area contributed by atoms with E-state index < -0.39 is 0 Å². The van der Waals surface area contributed by atoms with Crippen molar-refractivity contribution >= 4 is 5.91 Å². The molecular weight excluding hydrogens is 254 g/mol. The molecule has 0 bridgehead atoms. The van der Waals surface area contributed by atoms with Crippen LogP contribution in [-0.2, 0) is 9.53 Å². The highest BCUT2D eigenvalue weighted by Crippen LogP contribution is 2.49. The summed E-state index contributed by atoms with van der Waals surface area (Å²) < 4.78 is 5.27. The predicted molar refractivity (Wildman–Crippen MR) is 75.1 cm³/mol. The largest absolute Gasteiger partial charge is 0.384 e. The normalized spacial score (nSPS) is 24.6. The Balaban J connectivity index is 1.68. The molecule has 110 valence electrons. The SMILES string of the molecule is COCC1(CC(=O)N2CCCCC2c2ccn[nH]2)CC1. The zero-order valence-corrected chi connectivity index (χ0v) is 12.1. The first-order chi connectivity index (χ1) is 9.74. The number of nitrogens with zero attached hydrogens (tertiary/aromatic N) is 2. The zero-order valence-electron chi connectivity index (χ0n) is 12.1. The fraction of sp³-hybridized carbons (Fsp3) is 0.733. The van der Waals surface area contributed by atoms with Crippen molar-refractivity contribution < 1.29 is 9.53 Å². The lowest BCUT2D eigenvalue weighted by Crippen LogP contribution is -2.40. The van der Waals surface area contributed by atoms with E-state index >= 15 is 0 Å². The fourth-order valence-electron chi connectivity index (χ4n) is 3.28. The molecule has 1 N–H and O–H groups in total. The van der Waals surface area contributed by atoms with Crippen molar-refractivity contribution in [3.63, 3.8) is 0 Å². The number of likely N-dealkylation sites (tertiary alicyclic amines) is 1. The molecule has 1 aliphatic heterocycles. The van der Waals surface area contributed by atoms with Gasteiger partial charge in [0.15, 0.2) is 0 Å². The van der Waals surface area contributed by atoms with E-state index in [9.17, 15) is 4.79 Å². The van der Waals surface area contributed by atoms with Gasteiger partial charge in [0.1, 0.15) is 0 Å². The molecule has 5 nitrogen and oxygen atoms in total. The van der Waals surface area contributed by atoms with Gasteiger partial charge in [-0.25, -0.2) is 0 Å². The number of carbonyl (C=O) groups excluding carboxylic acids is 1. The van der Waals surface area contributed by atoms with Gasteiger partial charge in [-0.3, -0.25) is 9.89 Å². The minimum absolute atomic E-state index is 0.127. The first-order valence-corrected chi connectivity index (χ1v) is 7.52. The average molecular weight is 277 g/mol. The minimum atomic E-state index is 0.127. The Hall–Kier alpha value is -1.36. The highest BCUT2D eigenvalue weighted by molar-refractivity contribution is 5.78. The first kappa shape index (κ1) is 13.6. The van der Waals surface area contributed by atoms with Crippen LogP contribution in [0.5, 0.6) is 0 Å². The molecule has 1 aromatic heterocycles. The Morgan fingerprint density at radius 1 is 1.55 bits per heavy atom. The number of piperidine rings is 1. The van der Waals surface area contributed by atoms with Crippen LogP contribution in [0.4, 0.5) is 0 Å². The number of nitrogens with one attached hydrogen (secondary N) is 1. The first-order valence-electron chi connectivity index (χ1n) is 7.52. The summed E-state index contributed by atoms with van der Waals surface area (Å²) in [5.74, 6) is 0.277. The maximum atomic E-state index is 12.7. The third kappa shape index (κ3) is 2.73. The molecule has 5 heteroatoms. The number of ether oxygens (including phenoxy) is 1. The Morgan fingerprint density at radius 2 is 2.40 bits per heavy atom. The molecule has 2 heterocycles. The van der Waals surface area contributed by atoms with Gasteiger partial charge in [0, 0.05) is 31.7 Å². The van der Waals surface area contributed by atoms with Crippen molar-refractivity contribution in [3.05, 3.63) is 18.0 Å². The summed E-state index contributed by atoms with van der Waals surface area (Å²) in [6.07, 6.45) is 7.95. The molecule has 3 rings (SSSR count). The number of hydrogen-bond donors (Lipinski definition) is 1. The quantitative estimate of drug-likeness (QED) is 0.898. The molecule has 0 radical (unpaired) electrons. The van der Waals surface area contributed by atoms with Gasteiger partial charge >= 0.3 is 0 Å². The summed E-state index contributed by atoms with van der Waals surface area (Å²) in [4.78, 5) is 14.7. The number of H-pyrrole nitrogens is 1. The van der Waals surface area contributed by atoms with Crippen molar-refractivity contribution in [1.82, 2.24) is 15.1 Å². The van der Waals surface area contributed by atoms with Gasteiger partial charge in [-0.1, -0.05) is 0 Å². The second kappa shape index (κ2) is 5.56. The van der Waals surface area contributed by atoms with Gasteiger partial charge < -0.3 is 9.64 Å². The van der Waals surface area contributed by atoms with Crippen LogP contribution in [0.15, 0.2) is 12.3 Å². The Bertz CT molecular complexity index is 454. The lowest BCUT2D eigenvalue weighted by Gasteiger charge is -2.36. The fourth-order valence-corrected chi connectivity index (χ4v) is 3.28. The molecule has 2 fully saturated rings. The van der Waals surface area contributed by atoms with Gasteiger partial charge in [0.2, 0.25) is 5.91 Å². The van der Waals surface area contributed by atoms with Gasteiger partial charge in [-0.15, -0.1) is 0 Å². The molecule has 1 aromatic rings. The minimum Gasteiger partial charge on any atom is -0.384 e. The summed E-state index contributed by atoms with van der Waals surface area (Å²) in [7, 11) is 1.72. The van der Waals surface area contributed by atoms with Crippen LogP contribution in [0.2, 0.25) is 0 Å². The Kier molecular flexibility index (Phi) is 3.78. The average Bonchev–Trinajstić information content (AvgIpc) is 3.01. The number of aromatic nitrogens is 2. The number of amides is 1. The highest BCUT2D eigenvalue weighted by Gasteiger charge is 2.46. The van der Waals surface area contributed by atoms with Crippen LogP contribution < -0.4 is 0 Å². The Labute approximate surface area is 119 Å². The lowest BCUT2D eigenvalue weighted by molar-refractivity contribution is -0.137. The second-order valence-electron chi connectivity index (χ2n) is 6.22. The van der Waals surface area contributed by atoms with Crippen molar-refractivity contribution in [3.8, 4) is 0 Å². The molecule has 0 aromatic carbocycles. The van der Waals surface area contributed by atoms with E-state index in [1.54, 1.807) is 13.3 Å². The smallest absolute Gasteiger partial charge is 0.223 e. The van der Waals surface area contributed by atoms with E-state index in [-0.39, 0.29) is 17.4 Å². The van der Waals surface area contributed by atoms with E-state index in [1.165, 1.54) is 6.42 Å². The topological polar surface area (TPSA) is 58.2 Å². The van der Waals surface area contributed by atoms with Crippen LogP contribution in [-0.4, -0.2) is 41.3 Å². The monoisotopic (exact) mass is 277 g/mol. The van der Waals surface area contributed by atoms with Crippen molar-refractivity contribution in [2.45, 2.75) is 44.6 Å². The third-order valence-electron chi connectivity index (χ3n) is 4.64. The molecule has 0 spiro atoms. The number of carbonyl (C=O) groups is 1. The molecule has 1 unspecified atom stereocenters. The molecule has 1 saturated carbocycles. The van der Waals surface area contributed by atoms with Gasteiger partial charge in [0.25, 0.3) is 0 Å². The molecule has 20 heavy (non-hydrogen) atoms. The maximum absolute atomic E-state index is 12.7. The van der Waals surface area contributed by atoms with Crippen LogP contribution in [0, 0.1) is 5.41 Å². The molecular formula is C15H23N3O2. The summed E-state index contributed by atoms with van der Waals surface area (Å²) in [5.41, 5.74) is 1.19. The van der Waals surface area contributed by atoms with E-state index in [0.717, 1.165) is 37.9 Å². The predicted octanol–water partition coefficient (Wildman–Crippen LogP) is 2.28. The second-order valence-corrected chi connectivity index (χ2v) is 6.22. The summed E-state index contributed by atoms with van der Waals surface area (Å²) in [6.45, 7) is 1.58. The number of rotatable bonds is 5. The number of aromatic amines is 1. The molecule has 2 aliphatic rings.